The zero-order chi connectivity index (χ0) is 20.7. The highest BCUT2D eigenvalue weighted by molar-refractivity contribution is 5.92. The highest BCUT2D eigenvalue weighted by Gasteiger charge is 2.22. The molecular formula is C20H23N9O. The van der Waals surface area contributed by atoms with Crippen molar-refractivity contribution < 1.29 is 4.79 Å². The van der Waals surface area contributed by atoms with E-state index in [-0.39, 0.29) is 12.5 Å². The number of pyridine rings is 1. The van der Waals surface area contributed by atoms with Gasteiger partial charge in [0.05, 0.1) is 11.6 Å². The second-order valence-electron chi connectivity index (χ2n) is 7.76. The van der Waals surface area contributed by atoms with Crippen molar-refractivity contribution in [1.29, 1.82) is 0 Å². The summed E-state index contributed by atoms with van der Waals surface area (Å²) in [6.45, 7) is 1.97. The second-order valence-corrected chi connectivity index (χ2v) is 7.76. The third-order valence-electron chi connectivity index (χ3n) is 5.69. The zero-order valence-electron chi connectivity index (χ0n) is 17.0. The zero-order valence-corrected chi connectivity index (χ0v) is 17.0. The smallest absolute Gasteiger partial charge is 0.246 e. The lowest BCUT2D eigenvalue weighted by molar-refractivity contribution is -0.116. The SMILES string of the molecule is Cc1cc(NC(=O)Cn2ncc3cnc(N(C)C4CCCC4)nc32)cc2ncnn12. The van der Waals surface area contributed by atoms with Gasteiger partial charge in [-0.1, -0.05) is 12.8 Å². The molecule has 4 heterocycles. The van der Waals surface area contributed by atoms with Gasteiger partial charge in [0.25, 0.3) is 0 Å². The lowest BCUT2D eigenvalue weighted by Crippen LogP contribution is -2.30. The van der Waals surface area contributed by atoms with Crippen molar-refractivity contribution >= 4 is 34.2 Å². The van der Waals surface area contributed by atoms with Crippen molar-refractivity contribution in [2.75, 3.05) is 17.3 Å². The van der Waals surface area contributed by atoms with Gasteiger partial charge in [-0.15, -0.1) is 0 Å². The van der Waals surface area contributed by atoms with Crippen LogP contribution in [0.3, 0.4) is 0 Å². The minimum atomic E-state index is -0.187. The minimum absolute atomic E-state index is 0.0595. The van der Waals surface area contributed by atoms with Gasteiger partial charge in [-0.3, -0.25) is 4.79 Å². The number of aromatic nitrogens is 7. The van der Waals surface area contributed by atoms with E-state index in [1.165, 1.54) is 19.2 Å². The Balaban J connectivity index is 1.36. The van der Waals surface area contributed by atoms with Crippen molar-refractivity contribution in [3.63, 3.8) is 0 Å². The van der Waals surface area contributed by atoms with Crippen LogP contribution in [0, 0.1) is 6.92 Å². The number of aryl methyl sites for hydroxylation is 1. The van der Waals surface area contributed by atoms with E-state index in [9.17, 15) is 4.79 Å². The largest absolute Gasteiger partial charge is 0.341 e. The lowest BCUT2D eigenvalue weighted by atomic mass is 10.2. The van der Waals surface area contributed by atoms with E-state index >= 15 is 0 Å². The van der Waals surface area contributed by atoms with Gasteiger partial charge in [0.15, 0.2) is 11.3 Å². The summed E-state index contributed by atoms with van der Waals surface area (Å²) in [4.78, 5) is 28.2. The number of fused-ring (bicyclic) bond motifs is 2. The number of nitrogens with zero attached hydrogens (tertiary/aromatic N) is 8. The Kier molecular flexibility index (Phi) is 4.53. The normalized spacial score (nSPS) is 14.6. The topological polar surface area (TPSA) is 106 Å². The summed E-state index contributed by atoms with van der Waals surface area (Å²) in [6, 6.07) is 4.12. The van der Waals surface area contributed by atoms with Crippen LogP contribution in [0.4, 0.5) is 11.6 Å². The maximum absolute atomic E-state index is 12.7. The average molecular weight is 405 g/mol. The molecule has 30 heavy (non-hydrogen) atoms. The van der Waals surface area contributed by atoms with Crippen LogP contribution >= 0.6 is 0 Å². The molecule has 0 aromatic carbocycles. The molecule has 1 aliphatic rings. The van der Waals surface area contributed by atoms with Crippen LogP contribution in [-0.2, 0) is 11.3 Å². The highest BCUT2D eigenvalue weighted by Crippen LogP contribution is 2.25. The molecule has 1 aliphatic carbocycles. The summed E-state index contributed by atoms with van der Waals surface area (Å²) in [7, 11) is 2.04. The quantitative estimate of drug-likeness (QED) is 0.542. The number of amides is 1. The molecule has 0 spiro atoms. The summed E-state index contributed by atoms with van der Waals surface area (Å²) in [6.07, 6.45) is 9.76. The standard InChI is InChI=1S/C20H23N9O/c1-13-7-15(8-17-22-12-24-29(13)17)25-18(30)11-28-19-14(10-23-28)9-21-20(26-19)27(2)16-5-3-4-6-16/h7-10,12,16H,3-6,11H2,1-2H3,(H,25,30). The molecule has 0 saturated heterocycles. The Labute approximate surface area is 172 Å². The van der Waals surface area contributed by atoms with E-state index in [1.807, 2.05) is 20.0 Å². The molecule has 10 nitrogen and oxygen atoms in total. The first-order chi connectivity index (χ1) is 14.6. The Morgan fingerprint density at radius 1 is 1.20 bits per heavy atom. The van der Waals surface area contributed by atoms with Gasteiger partial charge in [-0.05, 0) is 25.8 Å². The van der Waals surface area contributed by atoms with Crippen molar-refractivity contribution in [3.05, 3.63) is 36.5 Å². The average Bonchev–Trinajstić information content (AvgIpc) is 3.48. The summed E-state index contributed by atoms with van der Waals surface area (Å²) < 4.78 is 3.33. The van der Waals surface area contributed by atoms with Crippen LogP contribution in [0.5, 0.6) is 0 Å². The molecule has 0 aliphatic heterocycles. The van der Waals surface area contributed by atoms with Crippen LogP contribution in [0.2, 0.25) is 0 Å². The van der Waals surface area contributed by atoms with E-state index in [4.69, 9.17) is 4.98 Å². The monoisotopic (exact) mass is 405 g/mol. The molecule has 10 heteroatoms. The van der Waals surface area contributed by atoms with Crippen LogP contribution in [0.25, 0.3) is 16.7 Å². The minimum Gasteiger partial charge on any atom is -0.341 e. The Bertz CT molecular complexity index is 1220. The molecule has 1 saturated carbocycles. The molecule has 0 atom stereocenters. The number of hydrogen-bond acceptors (Lipinski definition) is 7. The first-order valence-electron chi connectivity index (χ1n) is 10.1. The van der Waals surface area contributed by atoms with Gasteiger partial charge in [-0.25, -0.2) is 19.2 Å². The number of nitrogens with one attached hydrogen (secondary N) is 1. The van der Waals surface area contributed by atoms with Crippen LogP contribution < -0.4 is 10.2 Å². The predicted molar refractivity (Wildman–Crippen MR) is 112 cm³/mol. The van der Waals surface area contributed by atoms with E-state index < -0.39 is 0 Å². The molecule has 5 rings (SSSR count). The number of anilines is 2. The van der Waals surface area contributed by atoms with Gasteiger partial charge in [-0.2, -0.15) is 15.2 Å². The molecule has 4 aromatic rings. The fourth-order valence-corrected chi connectivity index (χ4v) is 4.09. The Hall–Kier alpha value is -3.56. The number of rotatable bonds is 5. The van der Waals surface area contributed by atoms with Crippen LogP contribution in [0.15, 0.2) is 30.9 Å². The summed E-state index contributed by atoms with van der Waals surface area (Å²) in [5.74, 6) is 0.483. The first kappa shape index (κ1) is 18.5. The van der Waals surface area contributed by atoms with E-state index in [1.54, 1.807) is 27.7 Å². The third-order valence-corrected chi connectivity index (χ3v) is 5.69. The summed E-state index contributed by atoms with van der Waals surface area (Å²) in [5.41, 5.74) is 2.90. The molecule has 1 amide bonds. The van der Waals surface area contributed by atoms with Crippen molar-refractivity contribution in [2.45, 2.75) is 45.2 Å². The molecule has 0 bridgehead atoms. The van der Waals surface area contributed by atoms with Gasteiger partial charge >= 0.3 is 0 Å². The summed E-state index contributed by atoms with van der Waals surface area (Å²) in [5, 5.41) is 12.2. The van der Waals surface area contributed by atoms with E-state index in [0.717, 1.165) is 23.9 Å². The van der Waals surface area contributed by atoms with Crippen molar-refractivity contribution in [2.24, 2.45) is 0 Å². The van der Waals surface area contributed by atoms with Crippen LogP contribution in [0.1, 0.15) is 31.4 Å². The van der Waals surface area contributed by atoms with Gasteiger partial charge < -0.3 is 10.2 Å². The number of carbonyl (C=O) groups is 1. The first-order valence-corrected chi connectivity index (χ1v) is 10.1. The van der Waals surface area contributed by atoms with Crippen LogP contribution in [-0.4, -0.2) is 53.3 Å². The number of carbonyl (C=O) groups excluding carboxylic acids is 1. The maximum Gasteiger partial charge on any atom is 0.246 e. The molecule has 1 fully saturated rings. The lowest BCUT2D eigenvalue weighted by Gasteiger charge is -2.24. The second kappa shape index (κ2) is 7.36. The molecule has 0 unspecified atom stereocenters. The molecule has 0 radical (unpaired) electrons. The van der Waals surface area contributed by atoms with Gasteiger partial charge in [0.2, 0.25) is 11.9 Å². The molecule has 4 aromatic heterocycles. The van der Waals surface area contributed by atoms with E-state index in [2.05, 4.69) is 30.4 Å². The van der Waals surface area contributed by atoms with E-state index in [0.29, 0.717) is 29.0 Å². The number of hydrogen-bond donors (Lipinski definition) is 1. The summed E-state index contributed by atoms with van der Waals surface area (Å²) >= 11 is 0. The Morgan fingerprint density at radius 2 is 2.03 bits per heavy atom. The van der Waals surface area contributed by atoms with Crippen molar-refractivity contribution in [3.8, 4) is 0 Å². The third kappa shape index (κ3) is 3.34. The predicted octanol–water partition coefficient (Wildman–Crippen LogP) is 2.19. The van der Waals surface area contributed by atoms with Gasteiger partial charge in [0, 0.05) is 36.7 Å². The maximum atomic E-state index is 12.7. The molecule has 154 valence electrons. The highest BCUT2D eigenvalue weighted by atomic mass is 16.2. The van der Waals surface area contributed by atoms with Gasteiger partial charge in [0.1, 0.15) is 12.9 Å². The molecule has 1 N–H and O–H groups in total. The van der Waals surface area contributed by atoms with Crippen molar-refractivity contribution in [1.82, 2.24) is 34.3 Å². The fraction of sp³-hybridized carbons (Fsp3) is 0.400. The Morgan fingerprint density at radius 3 is 2.87 bits per heavy atom. The molecular weight excluding hydrogens is 382 g/mol. The fourth-order valence-electron chi connectivity index (χ4n) is 4.09.